The maximum atomic E-state index is 11.5. The number of anilines is 1. The van der Waals surface area contributed by atoms with Gasteiger partial charge in [0.25, 0.3) is 0 Å². The Labute approximate surface area is 89.1 Å². The van der Waals surface area contributed by atoms with E-state index >= 15 is 0 Å². The first-order chi connectivity index (χ1) is 7.04. The van der Waals surface area contributed by atoms with Gasteiger partial charge in [0.15, 0.2) is 0 Å². The van der Waals surface area contributed by atoms with Gasteiger partial charge in [-0.05, 0) is 6.92 Å². The fourth-order valence-corrected chi connectivity index (χ4v) is 1.18. The van der Waals surface area contributed by atoms with Gasteiger partial charge >= 0.3 is 0 Å². The van der Waals surface area contributed by atoms with Gasteiger partial charge in [0.2, 0.25) is 5.91 Å². The highest BCUT2D eigenvalue weighted by molar-refractivity contribution is 5.91. The normalized spacial score (nSPS) is 10.7. The molecule has 5 nitrogen and oxygen atoms in total. The lowest BCUT2D eigenvalue weighted by molar-refractivity contribution is -0.118. The van der Waals surface area contributed by atoms with E-state index in [2.05, 4.69) is 10.4 Å². The summed E-state index contributed by atoms with van der Waals surface area (Å²) in [6.07, 6.45) is 0. The van der Waals surface area contributed by atoms with E-state index in [0.717, 1.165) is 5.69 Å². The number of aryl methyl sites for hydroxylation is 1. The summed E-state index contributed by atoms with van der Waals surface area (Å²) in [5.74, 6) is 0.525. The van der Waals surface area contributed by atoms with Crippen molar-refractivity contribution in [2.45, 2.75) is 27.3 Å². The predicted octanol–water partition coefficient (Wildman–Crippen LogP) is 0.778. The summed E-state index contributed by atoms with van der Waals surface area (Å²) in [7, 11) is 0. The van der Waals surface area contributed by atoms with Gasteiger partial charge in [-0.3, -0.25) is 4.79 Å². The molecular formula is C10H17N3O2. The average molecular weight is 211 g/mol. The van der Waals surface area contributed by atoms with Crippen molar-refractivity contribution in [2.75, 3.05) is 11.9 Å². The minimum Gasteiger partial charge on any atom is -0.394 e. The minimum atomic E-state index is -0.0669. The summed E-state index contributed by atoms with van der Waals surface area (Å²) >= 11 is 0. The van der Waals surface area contributed by atoms with Crippen LogP contribution in [0.15, 0.2) is 6.07 Å². The first-order valence-corrected chi connectivity index (χ1v) is 5.00. The maximum absolute atomic E-state index is 11.5. The SMILES string of the molecule is Cc1cc(NC(=O)C(C)C)n(CCO)n1. The number of carbonyl (C=O) groups excluding carboxylic acids is 1. The van der Waals surface area contributed by atoms with E-state index in [-0.39, 0.29) is 18.4 Å². The van der Waals surface area contributed by atoms with Crippen LogP contribution in [0.1, 0.15) is 19.5 Å². The zero-order valence-corrected chi connectivity index (χ0v) is 9.32. The smallest absolute Gasteiger partial charge is 0.228 e. The Balaban J connectivity index is 2.79. The fraction of sp³-hybridized carbons (Fsp3) is 0.600. The molecule has 1 amide bonds. The first kappa shape index (κ1) is 11.7. The molecule has 84 valence electrons. The molecule has 0 aliphatic heterocycles. The summed E-state index contributed by atoms with van der Waals surface area (Å²) in [5.41, 5.74) is 0.822. The second kappa shape index (κ2) is 4.93. The Hall–Kier alpha value is -1.36. The Morgan fingerprint density at radius 1 is 1.67 bits per heavy atom. The van der Waals surface area contributed by atoms with Crippen LogP contribution in [0.5, 0.6) is 0 Å². The number of amides is 1. The lowest BCUT2D eigenvalue weighted by Crippen LogP contribution is -2.20. The summed E-state index contributed by atoms with van der Waals surface area (Å²) in [6, 6.07) is 1.79. The molecule has 0 saturated carbocycles. The summed E-state index contributed by atoms with van der Waals surface area (Å²) < 4.78 is 1.59. The third-order valence-electron chi connectivity index (χ3n) is 1.99. The van der Waals surface area contributed by atoms with Crippen LogP contribution >= 0.6 is 0 Å². The number of aliphatic hydroxyl groups is 1. The molecule has 1 rings (SSSR count). The van der Waals surface area contributed by atoms with Gasteiger partial charge in [0, 0.05) is 12.0 Å². The molecule has 1 heterocycles. The number of nitrogens with zero attached hydrogens (tertiary/aromatic N) is 2. The lowest BCUT2D eigenvalue weighted by atomic mass is 10.2. The highest BCUT2D eigenvalue weighted by Gasteiger charge is 2.11. The topological polar surface area (TPSA) is 67.2 Å². The zero-order valence-electron chi connectivity index (χ0n) is 9.32. The van der Waals surface area contributed by atoms with Crippen LogP contribution in [0.25, 0.3) is 0 Å². The van der Waals surface area contributed by atoms with Crippen molar-refractivity contribution in [3.8, 4) is 0 Å². The number of nitrogens with one attached hydrogen (secondary N) is 1. The van der Waals surface area contributed by atoms with Crippen LogP contribution in [-0.4, -0.2) is 27.4 Å². The molecule has 0 atom stereocenters. The lowest BCUT2D eigenvalue weighted by Gasteiger charge is -2.09. The monoisotopic (exact) mass is 211 g/mol. The van der Waals surface area contributed by atoms with E-state index in [1.54, 1.807) is 10.7 Å². The van der Waals surface area contributed by atoms with Crippen molar-refractivity contribution in [1.82, 2.24) is 9.78 Å². The van der Waals surface area contributed by atoms with E-state index < -0.39 is 0 Å². The second-order valence-electron chi connectivity index (χ2n) is 3.76. The predicted molar refractivity (Wildman–Crippen MR) is 57.5 cm³/mol. The standard InChI is InChI=1S/C10H17N3O2/c1-7(2)10(15)11-9-6-8(3)12-13(9)4-5-14/h6-7,14H,4-5H2,1-3H3,(H,11,15). The number of rotatable bonds is 4. The molecule has 0 saturated heterocycles. The van der Waals surface area contributed by atoms with E-state index in [4.69, 9.17) is 5.11 Å². The van der Waals surface area contributed by atoms with Crippen LogP contribution in [-0.2, 0) is 11.3 Å². The summed E-state index contributed by atoms with van der Waals surface area (Å²) in [5, 5.41) is 15.7. The highest BCUT2D eigenvalue weighted by Crippen LogP contribution is 2.11. The van der Waals surface area contributed by atoms with E-state index in [1.165, 1.54) is 0 Å². The molecule has 0 unspecified atom stereocenters. The van der Waals surface area contributed by atoms with Gasteiger partial charge in [-0.25, -0.2) is 4.68 Å². The van der Waals surface area contributed by atoms with Crippen molar-refractivity contribution in [1.29, 1.82) is 0 Å². The van der Waals surface area contributed by atoms with Gasteiger partial charge < -0.3 is 10.4 Å². The van der Waals surface area contributed by atoms with Crippen molar-refractivity contribution < 1.29 is 9.90 Å². The van der Waals surface area contributed by atoms with Crippen LogP contribution in [0, 0.1) is 12.8 Å². The Kier molecular flexibility index (Phi) is 3.85. The molecule has 1 aromatic heterocycles. The van der Waals surface area contributed by atoms with E-state index in [1.807, 2.05) is 20.8 Å². The Morgan fingerprint density at radius 3 is 2.87 bits per heavy atom. The highest BCUT2D eigenvalue weighted by atomic mass is 16.3. The second-order valence-corrected chi connectivity index (χ2v) is 3.76. The largest absolute Gasteiger partial charge is 0.394 e. The zero-order chi connectivity index (χ0) is 11.4. The summed E-state index contributed by atoms with van der Waals surface area (Å²) in [4.78, 5) is 11.5. The molecule has 0 fully saturated rings. The molecule has 1 aromatic rings. The minimum absolute atomic E-state index is 0.00562. The van der Waals surface area contributed by atoms with E-state index in [9.17, 15) is 4.79 Å². The van der Waals surface area contributed by atoms with Crippen LogP contribution in [0.3, 0.4) is 0 Å². The third-order valence-corrected chi connectivity index (χ3v) is 1.99. The number of aromatic nitrogens is 2. The molecule has 0 radical (unpaired) electrons. The van der Waals surface area contributed by atoms with Crippen molar-refractivity contribution in [3.05, 3.63) is 11.8 Å². The Bertz CT molecular complexity index is 344. The van der Waals surface area contributed by atoms with Crippen LogP contribution in [0.2, 0.25) is 0 Å². The molecule has 0 bridgehead atoms. The number of aliphatic hydroxyl groups excluding tert-OH is 1. The first-order valence-electron chi connectivity index (χ1n) is 5.00. The van der Waals surface area contributed by atoms with E-state index in [0.29, 0.717) is 12.4 Å². The maximum Gasteiger partial charge on any atom is 0.228 e. The molecule has 0 aliphatic carbocycles. The average Bonchev–Trinajstić information content (AvgIpc) is 2.47. The molecule has 0 aliphatic rings. The van der Waals surface area contributed by atoms with Gasteiger partial charge in [-0.15, -0.1) is 0 Å². The Morgan fingerprint density at radius 2 is 2.33 bits per heavy atom. The van der Waals surface area contributed by atoms with Gasteiger partial charge in [0.05, 0.1) is 18.8 Å². The third kappa shape index (κ3) is 3.06. The van der Waals surface area contributed by atoms with Gasteiger partial charge in [-0.2, -0.15) is 5.10 Å². The number of hydrogen-bond acceptors (Lipinski definition) is 3. The molecule has 15 heavy (non-hydrogen) atoms. The van der Waals surface area contributed by atoms with Gasteiger partial charge in [0.1, 0.15) is 5.82 Å². The molecule has 0 spiro atoms. The fourth-order valence-electron chi connectivity index (χ4n) is 1.18. The molecule has 0 aromatic carbocycles. The number of hydrogen-bond donors (Lipinski definition) is 2. The summed E-state index contributed by atoms with van der Waals surface area (Å²) in [6.45, 7) is 5.90. The number of carbonyl (C=O) groups is 1. The van der Waals surface area contributed by atoms with Crippen LogP contribution in [0.4, 0.5) is 5.82 Å². The molecule has 5 heteroatoms. The van der Waals surface area contributed by atoms with Crippen LogP contribution < -0.4 is 5.32 Å². The van der Waals surface area contributed by atoms with Crippen molar-refractivity contribution in [3.63, 3.8) is 0 Å². The van der Waals surface area contributed by atoms with Crippen molar-refractivity contribution in [2.24, 2.45) is 5.92 Å². The molecule has 2 N–H and O–H groups in total. The quantitative estimate of drug-likeness (QED) is 0.773. The van der Waals surface area contributed by atoms with Gasteiger partial charge in [-0.1, -0.05) is 13.8 Å². The molecular weight excluding hydrogens is 194 g/mol. The van der Waals surface area contributed by atoms with Crippen molar-refractivity contribution >= 4 is 11.7 Å².